The number of allylic oxidation sites excluding steroid dienone is 8. The highest BCUT2D eigenvalue weighted by atomic mass is 32.2. The first-order chi connectivity index (χ1) is 14.6. The molecule has 1 saturated heterocycles. The molecule has 31 heavy (non-hydrogen) atoms. The van der Waals surface area contributed by atoms with Crippen molar-refractivity contribution in [2.75, 3.05) is 13.1 Å². The minimum Gasteiger partial charge on any atom is -0.285 e. The highest BCUT2D eigenvalue weighted by molar-refractivity contribution is 8.28. The van der Waals surface area contributed by atoms with Gasteiger partial charge in [-0.25, -0.2) is 0 Å². The predicted molar refractivity (Wildman–Crippen MR) is 136 cm³/mol. The molecule has 2 aliphatic heterocycles. The van der Waals surface area contributed by atoms with Gasteiger partial charge in [-0.2, -0.15) is 0 Å². The second-order valence-electron chi connectivity index (χ2n) is 8.68. The summed E-state index contributed by atoms with van der Waals surface area (Å²) in [6.45, 7) is 13.3. The van der Waals surface area contributed by atoms with Gasteiger partial charge in [0.05, 0.1) is 0 Å². The van der Waals surface area contributed by atoms with Crippen LogP contribution in [0.1, 0.15) is 54.4 Å². The number of carbonyl (C=O) groups excluding carboxylic acids is 2. The number of carbonyl (C=O) groups is 2. The number of nitrogens with zero attached hydrogens (tertiary/aromatic N) is 2. The predicted octanol–water partition coefficient (Wildman–Crippen LogP) is 6.15. The van der Waals surface area contributed by atoms with Crippen molar-refractivity contribution < 1.29 is 9.59 Å². The first-order valence-electron chi connectivity index (χ1n) is 10.6. The molecule has 0 N–H and O–H groups in total. The van der Waals surface area contributed by atoms with Crippen LogP contribution in [0.15, 0.2) is 55.1 Å². The van der Waals surface area contributed by atoms with Crippen LogP contribution in [-0.4, -0.2) is 39.8 Å². The first kappa shape index (κ1) is 24.1. The first-order valence-corrected chi connectivity index (χ1v) is 12.6. The third-order valence-electron chi connectivity index (χ3n) is 5.59. The Hall–Kier alpha value is -1.57. The maximum Gasteiger partial charge on any atom is 0.265 e. The molecule has 2 amide bonds. The molecule has 0 aromatic rings. The highest BCUT2D eigenvalue weighted by Gasteiger charge is 2.41. The summed E-state index contributed by atoms with van der Waals surface area (Å²) in [5, 5.41) is 0.306. The molecule has 0 unspecified atom stereocenters. The summed E-state index contributed by atoms with van der Waals surface area (Å²) in [6.07, 6.45) is 9.94. The van der Waals surface area contributed by atoms with Crippen LogP contribution in [0.2, 0.25) is 0 Å². The van der Waals surface area contributed by atoms with Crippen LogP contribution < -0.4 is 0 Å². The van der Waals surface area contributed by atoms with Gasteiger partial charge < -0.3 is 0 Å². The lowest BCUT2D eigenvalue weighted by atomic mass is 9.73. The molecule has 0 aromatic carbocycles. The molecular weight excluding hydrogens is 444 g/mol. The molecule has 0 aromatic heterocycles. The van der Waals surface area contributed by atoms with E-state index in [-0.39, 0.29) is 22.8 Å². The molecule has 1 aliphatic carbocycles. The Morgan fingerprint density at radius 3 is 2.10 bits per heavy atom. The van der Waals surface area contributed by atoms with Gasteiger partial charge >= 0.3 is 0 Å². The van der Waals surface area contributed by atoms with E-state index in [0.717, 1.165) is 17.6 Å². The van der Waals surface area contributed by atoms with E-state index in [0.29, 0.717) is 24.6 Å². The van der Waals surface area contributed by atoms with E-state index in [1.54, 1.807) is 23.5 Å². The Kier molecular flexibility index (Phi) is 7.39. The molecule has 1 fully saturated rings. The van der Waals surface area contributed by atoms with Crippen molar-refractivity contribution in [3.63, 3.8) is 0 Å². The van der Waals surface area contributed by atoms with E-state index >= 15 is 0 Å². The summed E-state index contributed by atoms with van der Waals surface area (Å²) >= 11 is 9.00. The molecule has 0 radical (unpaired) electrons. The van der Waals surface area contributed by atoms with Crippen molar-refractivity contribution >= 4 is 52.7 Å². The van der Waals surface area contributed by atoms with Crippen LogP contribution >= 0.6 is 35.7 Å². The van der Waals surface area contributed by atoms with Gasteiger partial charge in [-0.3, -0.25) is 19.4 Å². The van der Waals surface area contributed by atoms with Crippen LogP contribution in [0.3, 0.4) is 0 Å². The summed E-state index contributed by atoms with van der Waals surface area (Å²) in [6, 6.07) is 0. The van der Waals surface area contributed by atoms with E-state index in [1.165, 1.54) is 23.8 Å². The molecule has 0 bridgehead atoms. The molecular formula is C24H30N2O2S3. The SMILES string of the molecule is CCN1C(=O)C(=C2C=C(/C=C/C=C3SC(C)=C(C)S3)CC(C)(C)C2)C(=O)N(CC)C1=S. The smallest absolute Gasteiger partial charge is 0.265 e. The number of likely N-dealkylation sites (N-methyl/N-ethyl adjacent to an activating group) is 2. The third kappa shape index (κ3) is 5.10. The van der Waals surface area contributed by atoms with Gasteiger partial charge in [0.2, 0.25) is 0 Å². The monoisotopic (exact) mass is 474 g/mol. The Morgan fingerprint density at radius 1 is 1.03 bits per heavy atom. The summed E-state index contributed by atoms with van der Waals surface area (Å²) in [4.78, 5) is 32.1. The lowest BCUT2D eigenvalue weighted by Gasteiger charge is -2.38. The van der Waals surface area contributed by atoms with E-state index in [1.807, 2.05) is 19.9 Å². The van der Waals surface area contributed by atoms with Crippen LogP contribution in [0.25, 0.3) is 0 Å². The maximum absolute atomic E-state index is 13.2. The molecule has 4 nitrogen and oxygen atoms in total. The summed E-state index contributed by atoms with van der Waals surface area (Å²) in [5.74, 6) is -0.542. The molecule has 0 atom stereocenters. The van der Waals surface area contributed by atoms with Gasteiger partial charge in [0.1, 0.15) is 5.57 Å². The average molecular weight is 475 g/mol. The standard InChI is InChI=1S/C24H30N2O2S3/c1-7-25-21(27)20(22(28)26(8-2)23(25)29)18-12-17(13-24(5,6)14-18)10-9-11-19-30-15(3)16(4)31-19/h9-12H,7-8,13-14H2,1-6H3/b10-9+. The highest BCUT2D eigenvalue weighted by Crippen LogP contribution is 2.48. The van der Waals surface area contributed by atoms with Crippen LogP contribution in [0, 0.1) is 5.41 Å². The van der Waals surface area contributed by atoms with Crippen molar-refractivity contribution in [3.8, 4) is 0 Å². The van der Waals surface area contributed by atoms with Gasteiger partial charge in [0, 0.05) is 17.3 Å². The van der Waals surface area contributed by atoms with Gasteiger partial charge in [0.25, 0.3) is 11.8 Å². The van der Waals surface area contributed by atoms with Crippen LogP contribution in [0.5, 0.6) is 0 Å². The number of thiocarbonyl (C=S) groups is 1. The Morgan fingerprint density at radius 2 is 1.58 bits per heavy atom. The fraction of sp³-hybridized carbons (Fsp3) is 0.458. The van der Waals surface area contributed by atoms with Gasteiger partial charge in [0.15, 0.2) is 5.11 Å². The van der Waals surface area contributed by atoms with Gasteiger partial charge in [-0.15, -0.1) is 0 Å². The van der Waals surface area contributed by atoms with E-state index in [9.17, 15) is 9.59 Å². The lowest BCUT2D eigenvalue weighted by molar-refractivity contribution is -0.133. The Labute approximate surface area is 199 Å². The molecule has 0 saturated carbocycles. The zero-order valence-electron chi connectivity index (χ0n) is 19.1. The minimum atomic E-state index is -0.271. The maximum atomic E-state index is 13.2. The zero-order valence-corrected chi connectivity index (χ0v) is 21.5. The number of thioether (sulfide) groups is 2. The summed E-state index contributed by atoms with van der Waals surface area (Å²) in [5.41, 5.74) is 2.18. The number of hydrogen-bond acceptors (Lipinski definition) is 5. The van der Waals surface area contributed by atoms with Crippen molar-refractivity contribution in [3.05, 3.63) is 55.1 Å². The van der Waals surface area contributed by atoms with Crippen molar-refractivity contribution in [1.29, 1.82) is 0 Å². The third-order valence-corrected chi connectivity index (χ3v) is 8.56. The average Bonchev–Trinajstić information content (AvgIpc) is 2.98. The fourth-order valence-electron chi connectivity index (χ4n) is 4.02. The van der Waals surface area contributed by atoms with Crippen LogP contribution in [-0.2, 0) is 9.59 Å². The normalized spacial score (nSPS) is 22.3. The van der Waals surface area contributed by atoms with Crippen LogP contribution in [0.4, 0.5) is 0 Å². The van der Waals surface area contributed by atoms with E-state index < -0.39 is 0 Å². The molecule has 0 spiro atoms. The van der Waals surface area contributed by atoms with E-state index in [4.69, 9.17) is 12.2 Å². The van der Waals surface area contributed by atoms with E-state index in [2.05, 4.69) is 45.9 Å². The lowest BCUT2D eigenvalue weighted by Crippen LogP contribution is -2.56. The summed E-state index contributed by atoms with van der Waals surface area (Å²) < 4.78 is 1.27. The minimum absolute atomic E-state index is 0.0396. The van der Waals surface area contributed by atoms with Crippen molar-refractivity contribution in [2.24, 2.45) is 5.41 Å². The number of amides is 2. The molecule has 3 rings (SSSR count). The van der Waals surface area contributed by atoms with Crippen molar-refractivity contribution in [1.82, 2.24) is 9.80 Å². The zero-order chi connectivity index (χ0) is 22.9. The fourth-order valence-corrected chi connectivity index (χ4v) is 6.80. The Balaban J connectivity index is 1.97. The molecule has 166 valence electrons. The topological polar surface area (TPSA) is 40.6 Å². The number of hydrogen-bond donors (Lipinski definition) is 0. The van der Waals surface area contributed by atoms with Gasteiger partial charge in [-0.1, -0.05) is 55.6 Å². The molecule has 7 heteroatoms. The molecule has 2 heterocycles. The quantitative estimate of drug-likeness (QED) is 0.277. The van der Waals surface area contributed by atoms with Crippen molar-refractivity contribution in [2.45, 2.75) is 54.4 Å². The summed E-state index contributed by atoms with van der Waals surface area (Å²) in [7, 11) is 0. The van der Waals surface area contributed by atoms with Gasteiger partial charge in [-0.05, 0) is 85.2 Å². The Bertz CT molecular complexity index is 939. The second kappa shape index (κ2) is 9.51. The largest absolute Gasteiger partial charge is 0.285 e. The number of rotatable bonds is 4. The second-order valence-corrected chi connectivity index (χ2v) is 11.8. The molecule has 3 aliphatic rings.